The number of pyridine rings is 1. The van der Waals surface area contributed by atoms with Crippen molar-refractivity contribution in [2.24, 2.45) is 0 Å². The molecular weight excluding hydrogens is 314 g/mol. The molecule has 1 aromatic carbocycles. The Bertz CT molecular complexity index is 753. The minimum atomic E-state index is -0.323. The van der Waals surface area contributed by atoms with Crippen LogP contribution < -0.4 is 4.74 Å². The summed E-state index contributed by atoms with van der Waals surface area (Å²) in [5.41, 5.74) is 1.49. The number of amides is 1. The first-order chi connectivity index (χ1) is 12.2. The Morgan fingerprint density at radius 1 is 1.28 bits per heavy atom. The highest BCUT2D eigenvalue weighted by Gasteiger charge is 2.34. The number of rotatable bonds is 4. The number of aromatic nitrogens is 1. The van der Waals surface area contributed by atoms with Gasteiger partial charge in [0.15, 0.2) is 0 Å². The molecular formula is C20H21N3O2. The van der Waals surface area contributed by atoms with Gasteiger partial charge in [-0.15, -0.1) is 0 Å². The highest BCUT2D eigenvalue weighted by atomic mass is 16.5. The standard InChI is InChI=1S/C20H21N3O2/c1-25-19-11-10-16(14-22-19)20(24)23-12-6-5-9-18(23)17(13-21)15-7-3-2-4-8-15/h2-4,7-8,10-11,14,17-18H,5-6,9,12H2,1H3. The fraction of sp³-hybridized carbons (Fsp3) is 0.350. The molecule has 2 atom stereocenters. The smallest absolute Gasteiger partial charge is 0.255 e. The molecule has 1 aliphatic heterocycles. The van der Waals surface area contributed by atoms with Crippen LogP contribution in [-0.2, 0) is 0 Å². The van der Waals surface area contributed by atoms with Crippen LogP contribution >= 0.6 is 0 Å². The topological polar surface area (TPSA) is 66.2 Å². The average Bonchev–Trinajstić information content (AvgIpc) is 2.69. The largest absolute Gasteiger partial charge is 0.481 e. The molecule has 0 saturated carbocycles. The van der Waals surface area contributed by atoms with Gasteiger partial charge < -0.3 is 9.64 Å². The van der Waals surface area contributed by atoms with E-state index in [0.717, 1.165) is 24.8 Å². The van der Waals surface area contributed by atoms with Crippen molar-refractivity contribution in [2.45, 2.75) is 31.2 Å². The van der Waals surface area contributed by atoms with Gasteiger partial charge in [0, 0.05) is 18.8 Å². The van der Waals surface area contributed by atoms with Crippen LogP contribution in [0.15, 0.2) is 48.7 Å². The molecule has 2 aromatic rings. The second-order valence-electron chi connectivity index (χ2n) is 6.17. The third-order valence-corrected chi connectivity index (χ3v) is 4.69. The van der Waals surface area contributed by atoms with Gasteiger partial charge in [-0.25, -0.2) is 4.98 Å². The van der Waals surface area contributed by atoms with Crippen LogP contribution in [-0.4, -0.2) is 35.5 Å². The fourth-order valence-electron chi connectivity index (χ4n) is 3.39. The molecule has 0 N–H and O–H groups in total. The lowest BCUT2D eigenvalue weighted by Crippen LogP contribution is -2.46. The number of likely N-dealkylation sites (tertiary alicyclic amines) is 1. The van der Waals surface area contributed by atoms with Gasteiger partial charge in [0.2, 0.25) is 5.88 Å². The van der Waals surface area contributed by atoms with E-state index in [1.54, 1.807) is 19.2 Å². The summed E-state index contributed by atoms with van der Waals surface area (Å²) in [6.07, 6.45) is 4.36. The molecule has 0 aliphatic carbocycles. The van der Waals surface area contributed by atoms with Crippen molar-refractivity contribution in [2.75, 3.05) is 13.7 Å². The van der Waals surface area contributed by atoms with Gasteiger partial charge in [-0.2, -0.15) is 5.26 Å². The number of benzene rings is 1. The molecule has 1 amide bonds. The van der Waals surface area contributed by atoms with E-state index in [9.17, 15) is 10.1 Å². The Hall–Kier alpha value is -2.87. The molecule has 0 bridgehead atoms. The van der Waals surface area contributed by atoms with Crippen molar-refractivity contribution in [3.63, 3.8) is 0 Å². The van der Waals surface area contributed by atoms with Crippen LogP contribution in [0.25, 0.3) is 0 Å². The predicted octanol–water partition coefficient (Wildman–Crippen LogP) is 3.39. The number of nitriles is 1. The number of hydrogen-bond donors (Lipinski definition) is 0. The Morgan fingerprint density at radius 3 is 2.72 bits per heavy atom. The van der Waals surface area contributed by atoms with Crippen LogP contribution in [0.4, 0.5) is 0 Å². The molecule has 0 spiro atoms. The molecule has 1 saturated heterocycles. The third kappa shape index (κ3) is 3.63. The third-order valence-electron chi connectivity index (χ3n) is 4.69. The van der Waals surface area contributed by atoms with Crippen LogP contribution in [0.2, 0.25) is 0 Å². The lowest BCUT2D eigenvalue weighted by Gasteiger charge is -2.38. The van der Waals surface area contributed by atoms with E-state index in [0.29, 0.717) is 18.0 Å². The van der Waals surface area contributed by atoms with Gasteiger partial charge in [-0.1, -0.05) is 30.3 Å². The SMILES string of the molecule is COc1ccc(C(=O)N2CCCCC2C(C#N)c2ccccc2)cn1. The molecule has 128 valence electrons. The van der Waals surface area contributed by atoms with E-state index in [4.69, 9.17) is 4.74 Å². The summed E-state index contributed by atoms with van der Waals surface area (Å²) in [6, 6.07) is 15.4. The monoisotopic (exact) mass is 335 g/mol. The minimum Gasteiger partial charge on any atom is -0.481 e. The Kier molecular flexibility index (Phi) is 5.30. The second kappa shape index (κ2) is 7.80. The fourth-order valence-corrected chi connectivity index (χ4v) is 3.39. The molecule has 5 heteroatoms. The number of hydrogen-bond acceptors (Lipinski definition) is 4. The van der Waals surface area contributed by atoms with Gasteiger partial charge in [0.1, 0.15) is 0 Å². The minimum absolute atomic E-state index is 0.0731. The number of carbonyl (C=O) groups excluding carboxylic acids is 1. The van der Waals surface area contributed by atoms with E-state index in [2.05, 4.69) is 11.1 Å². The number of methoxy groups -OCH3 is 1. The average molecular weight is 335 g/mol. The number of ether oxygens (including phenoxy) is 1. The van der Waals surface area contributed by atoms with Crippen LogP contribution in [0, 0.1) is 11.3 Å². The highest BCUT2D eigenvalue weighted by Crippen LogP contribution is 2.31. The van der Waals surface area contributed by atoms with E-state index in [1.807, 2.05) is 35.2 Å². The van der Waals surface area contributed by atoms with Gasteiger partial charge in [-0.3, -0.25) is 4.79 Å². The maximum Gasteiger partial charge on any atom is 0.255 e. The first-order valence-corrected chi connectivity index (χ1v) is 8.50. The number of piperidine rings is 1. The summed E-state index contributed by atoms with van der Waals surface area (Å²) in [4.78, 5) is 19.0. The highest BCUT2D eigenvalue weighted by molar-refractivity contribution is 5.94. The van der Waals surface area contributed by atoms with Crippen molar-refractivity contribution in [3.05, 3.63) is 59.8 Å². The Labute approximate surface area is 147 Å². The maximum atomic E-state index is 13.0. The zero-order chi connectivity index (χ0) is 17.6. The normalized spacial score (nSPS) is 18.2. The van der Waals surface area contributed by atoms with E-state index in [-0.39, 0.29) is 17.9 Å². The molecule has 25 heavy (non-hydrogen) atoms. The molecule has 5 nitrogen and oxygen atoms in total. The van der Waals surface area contributed by atoms with E-state index < -0.39 is 0 Å². The van der Waals surface area contributed by atoms with Gasteiger partial charge >= 0.3 is 0 Å². The van der Waals surface area contributed by atoms with Gasteiger partial charge in [0.25, 0.3) is 5.91 Å². The predicted molar refractivity (Wildman–Crippen MR) is 94.3 cm³/mol. The van der Waals surface area contributed by atoms with E-state index >= 15 is 0 Å². The lowest BCUT2D eigenvalue weighted by atomic mass is 9.86. The molecule has 1 aliphatic rings. The molecule has 2 heterocycles. The summed E-state index contributed by atoms with van der Waals surface area (Å²) in [5.74, 6) is 0.0821. The van der Waals surface area contributed by atoms with Crippen molar-refractivity contribution in [1.82, 2.24) is 9.88 Å². The first-order valence-electron chi connectivity index (χ1n) is 8.50. The summed E-state index contributed by atoms with van der Waals surface area (Å²) in [5, 5.41) is 9.75. The summed E-state index contributed by atoms with van der Waals surface area (Å²) in [7, 11) is 1.54. The van der Waals surface area contributed by atoms with Crippen LogP contribution in [0.5, 0.6) is 5.88 Å². The molecule has 2 unspecified atom stereocenters. The Morgan fingerprint density at radius 2 is 2.08 bits per heavy atom. The Balaban J connectivity index is 1.87. The zero-order valence-corrected chi connectivity index (χ0v) is 14.3. The molecule has 1 aromatic heterocycles. The molecule has 0 radical (unpaired) electrons. The number of nitrogens with zero attached hydrogens (tertiary/aromatic N) is 3. The van der Waals surface area contributed by atoms with E-state index in [1.165, 1.54) is 6.20 Å². The van der Waals surface area contributed by atoms with Crippen molar-refractivity contribution >= 4 is 5.91 Å². The van der Waals surface area contributed by atoms with Crippen LogP contribution in [0.3, 0.4) is 0 Å². The molecule has 3 rings (SSSR count). The molecule has 1 fully saturated rings. The lowest BCUT2D eigenvalue weighted by molar-refractivity contribution is 0.0596. The van der Waals surface area contributed by atoms with Crippen molar-refractivity contribution in [3.8, 4) is 11.9 Å². The quantitative estimate of drug-likeness (QED) is 0.859. The maximum absolute atomic E-state index is 13.0. The van der Waals surface area contributed by atoms with Gasteiger partial charge in [0.05, 0.1) is 30.7 Å². The first kappa shape index (κ1) is 17.0. The summed E-state index contributed by atoms with van der Waals surface area (Å²) < 4.78 is 5.05. The van der Waals surface area contributed by atoms with Gasteiger partial charge in [-0.05, 0) is 30.9 Å². The van der Waals surface area contributed by atoms with Crippen molar-refractivity contribution < 1.29 is 9.53 Å². The number of carbonyl (C=O) groups is 1. The second-order valence-corrected chi connectivity index (χ2v) is 6.17. The zero-order valence-electron chi connectivity index (χ0n) is 14.3. The summed E-state index contributed by atoms with van der Waals surface area (Å²) in [6.45, 7) is 0.667. The summed E-state index contributed by atoms with van der Waals surface area (Å²) >= 11 is 0. The van der Waals surface area contributed by atoms with Crippen LogP contribution in [0.1, 0.15) is 41.1 Å². The van der Waals surface area contributed by atoms with Crippen molar-refractivity contribution in [1.29, 1.82) is 5.26 Å².